The van der Waals surface area contributed by atoms with Crippen molar-refractivity contribution in [3.05, 3.63) is 79.0 Å². The Labute approximate surface area is 169 Å². The summed E-state index contributed by atoms with van der Waals surface area (Å²) in [5.41, 5.74) is 6.53. The molecule has 144 valence electrons. The van der Waals surface area contributed by atoms with Crippen LogP contribution in [-0.4, -0.2) is 30.4 Å². The Bertz CT molecular complexity index is 1510. The molecule has 4 aromatic heterocycles. The van der Waals surface area contributed by atoms with Gasteiger partial charge in [-0.25, -0.2) is 9.37 Å². The molecule has 0 fully saturated rings. The first-order valence-electron chi connectivity index (χ1n) is 9.48. The minimum absolute atomic E-state index is 0.244. The molecule has 0 radical (unpaired) electrons. The van der Waals surface area contributed by atoms with Crippen LogP contribution in [0.2, 0.25) is 0 Å². The van der Waals surface area contributed by atoms with Crippen molar-refractivity contribution < 1.29 is 4.39 Å². The normalized spacial score (nSPS) is 11.5. The van der Waals surface area contributed by atoms with Crippen molar-refractivity contribution in [2.45, 2.75) is 0 Å². The topological polar surface area (TPSA) is 86.0 Å². The fourth-order valence-corrected chi connectivity index (χ4v) is 3.87. The lowest BCUT2D eigenvalue weighted by Crippen LogP contribution is -1.83. The average molecular weight is 394 g/mol. The number of benzene rings is 2. The molecule has 0 amide bonds. The molecule has 0 bridgehead atoms. The highest BCUT2D eigenvalue weighted by atomic mass is 19.1. The molecule has 0 atom stereocenters. The van der Waals surface area contributed by atoms with Gasteiger partial charge >= 0.3 is 0 Å². The molecule has 2 aromatic carbocycles. The fraction of sp³-hybridized carbons (Fsp3) is 0. The van der Waals surface area contributed by atoms with Crippen molar-refractivity contribution in [3.63, 3.8) is 0 Å². The van der Waals surface area contributed by atoms with E-state index in [0.717, 1.165) is 44.4 Å². The highest BCUT2D eigenvalue weighted by molar-refractivity contribution is 6.01. The van der Waals surface area contributed by atoms with Crippen LogP contribution in [0.5, 0.6) is 0 Å². The Hall–Kier alpha value is -4.26. The Morgan fingerprint density at radius 3 is 2.60 bits per heavy atom. The maximum Gasteiger partial charge on any atom is 0.155 e. The number of aromatic nitrogens is 6. The third-order valence-corrected chi connectivity index (χ3v) is 5.33. The van der Waals surface area contributed by atoms with E-state index < -0.39 is 0 Å². The predicted molar refractivity (Wildman–Crippen MR) is 114 cm³/mol. The van der Waals surface area contributed by atoms with Crippen LogP contribution >= 0.6 is 0 Å². The van der Waals surface area contributed by atoms with Crippen molar-refractivity contribution in [2.75, 3.05) is 0 Å². The second kappa shape index (κ2) is 6.38. The maximum atomic E-state index is 14.4. The molecule has 7 heteroatoms. The van der Waals surface area contributed by atoms with E-state index in [1.165, 1.54) is 6.07 Å². The van der Waals surface area contributed by atoms with E-state index in [4.69, 9.17) is 0 Å². The number of halogens is 1. The van der Waals surface area contributed by atoms with Crippen LogP contribution in [0.3, 0.4) is 0 Å². The van der Waals surface area contributed by atoms with Gasteiger partial charge < -0.3 is 4.98 Å². The van der Waals surface area contributed by atoms with Crippen LogP contribution in [0, 0.1) is 5.82 Å². The van der Waals surface area contributed by atoms with Gasteiger partial charge in [-0.05, 0) is 29.8 Å². The van der Waals surface area contributed by atoms with E-state index in [1.54, 1.807) is 24.5 Å². The average Bonchev–Trinajstić information content (AvgIpc) is 3.51. The lowest BCUT2D eigenvalue weighted by atomic mass is 10.0. The Morgan fingerprint density at radius 1 is 0.833 bits per heavy atom. The molecular formula is C23H15FN6. The van der Waals surface area contributed by atoms with E-state index >= 15 is 0 Å². The zero-order valence-corrected chi connectivity index (χ0v) is 15.6. The summed E-state index contributed by atoms with van der Waals surface area (Å²) >= 11 is 0. The predicted octanol–water partition coefficient (Wildman–Crippen LogP) is 5.30. The van der Waals surface area contributed by atoms with Crippen molar-refractivity contribution in [1.82, 2.24) is 30.4 Å². The molecule has 3 N–H and O–H groups in total. The minimum Gasteiger partial charge on any atom is -0.353 e. The third-order valence-electron chi connectivity index (χ3n) is 5.33. The molecule has 0 saturated carbocycles. The van der Waals surface area contributed by atoms with Gasteiger partial charge in [0.15, 0.2) is 5.65 Å². The number of pyridine rings is 1. The van der Waals surface area contributed by atoms with Crippen LogP contribution in [0.25, 0.3) is 55.6 Å². The largest absolute Gasteiger partial charge is 0.353 e. The summed E-state index contributed by atoms with van der Waals surface area (Å²) in [5, 5.41) is 16.1. The maximum absolute atomic E-state index is 14.4. The van der Waals surface area contributed by atoms with Crippen molar-refractivity contribution in [2.24, 2.45) is 0 Å². The number of hydrogen-bond donors (Lipinski definition) is 3. The van der Waals surface area contributed by atoms with Gasteiger partial charge in [-0.1, -0.05) is 30.3 Å². The summed E-state index contributed by atoms with van der Waals surface area (Å²) in [5.74, 6) is -0.244. The van der Waals surface area contributed by atoms with Gasteiger partial charge in [0, 0.05) is 45.4 Å². The van der Waals surface area contributed by atoms with Crippen LogP contribution in [0.15, 0.2) is 73.2 Å². The van der Waals surface area contributed by atoms with Gasteiger partial charge in [0.25, 0.3) is 0 Å². The minimum atomic E-state index is -0.244. The smallest absolute Gasteiger partial charge is 0.155 e. The van der Waals surface area contributed by atoms with Crippen LogP contribution in [0.4, 0.5) is 4.39 Å². The second-order valence-corrected chi connectivity index (χ2v) is 7.11. The number of H-pyrrole nitrogens is 3. The van der Waals surface area contributed by atoms with Crippen LogP contribution < -0.4 is 0 Å². The Kier molecular flexibility index (Phi) is 3.55. The van der Waals surface area contributed by atoms with Crippen molar-refractivity contribution in [3.8, 4) is 33.6 Å². The summed E-state index contributed by atoms with van der Waals surface area (Å²) in [7, 11) is 0. The van der Waals surface area contributed by atoms with E-state index in [0.29, 0.717) is 11.2 Å². The standard InChI is InChI=1S/C23H15FN6/c24-19-6-2-1-4-16(19)15-5-3-7-20-17(15)9-21(28-20)22-18-8-13(14-11-26-27-12-14)10-25-23(18)30-29-22/h1-12,28H,(H,26,27)(H,25,29,30). The molecule has 0 spiro atoms. The molecule has 6 rings (SSSR count). The zero-order valence-electron chi connectivity index (χ0n) is 15.6. The first kappa shape index (κ1) is 16.7. The van der Waals surface area contributed by atoms with Crippen molar-refractivity contribution >= 4 is 21.9 Å². The molecule has 0 aliphatic heterocycles. The zero-order chi connectivity index (χ0) is 20.1. The number of nitrogens with one attached hydrogen (secondary N) is 3. The third kappa shape index (κ3) is 2.52. The van der Waals surface area contributed by atoms with Gasteiger partial charge in [-0.3, -0.25) is 10.2 Å². The summed E-state index contributed by atoms with van der Waals surface area (Å²) in [6.07, 6.45) is 5.37. The van der Waals surface area contributed by atoms with E-state index in [2.05, 4.69) is 30.4 Å². The van der Waals surface area contributed by atoms with Gasteiger partial charge in [0.05, 0.1) is 11.9 Å². The molecule has 0 saturated heterocycles. The summed E-state index contributed by atoms with van der Waals surface area (Å²) in [6, 6.07) is 16.7. The number of rotatable bonds is 3. The Balaban J connectivity index is 1.54. The second-order valence-electron chi connectivity index (χ2n) is 7.11. The highest BCUT2D eigenvalue weighted by Crippen LogP contribution is 2.35. The van der Waals surface area contributed by atoms with Gasteiger partial charge in [-0.2, -0.15) is 10.2 Å². The lowest BCUT2D eigenvalue weighted by Gasteiger charge is -2.04. The number of nitrogens with zero attached hydrogens (tertiary/aromatic N) is 3. The molecule has 0 aliphatic carbocycles. The summed E-state index contributed by atoms with van der Waals surface area (Å²) < 4.78 is 14.4. The first-order valence-corrected chi connectivity index (χ1v) is 9.48. The van der Waals surface area contributed by atoms with Gasteiger partial charge in [0.2, 0.25) is 0 Å². The molecule has 6 nitrogen and oxygen atoms in total. The fourth-order valence-electron chi connectivity index (χ4n) is 3.87. The molecule has 30 heavy (non-hydrogen) atoms. The van der Waals surface area contributed by atoms with Gasteiger partial charge in [-0.15, -0.1) is 0 Å². The highest BCUT2D eigenvalue weighted by Gasteiger charge is 2.16. The number of hydrogen-bond acceptors (Lipinski definition) is 3. The summed E-state index contributed by atoms with van der Waals surface area (Å²) in [4.78, 5) is 7.91. The number of aromatic amines is 3. The molecule has 6 aromatic rings. The van der Waals surface area contributed by atoms with Gasteiger partial charge in [0.1, 0.15) is 11.5 Å². The van der Waals surface area contributed by atoms with E-state index in [9.17, 15) is 4.39 Å². The SMILES string of the molecule is Fc1ccccc1-c1cccc2[nH]c(-c3n[nH]c4ncc(-c5cn[nH]c5)cc34)cc12. The lowest BCUT2D eigenvalue weighted by molar-refractivity contribution is 0.631. The summed E-state index contributed by atoms with van der Waals surface area (Å²) in [6.45, 7) is 0. The van der Waals surface area contributed by atoms with Crippen molar-refractivity contribution in [1.29, 1.82) is 0 Å². The van der Waals surface area contributed by atoms with E-state index in [-0.39, 0.29) is 5.82 Å². The van der Waals surface area contributed by atoms with Crippen LogP contribution in [-0.2, 0) is 0 Å². The molecule has 0 aliphatic rings. The monoisotopic (exact) mass is 394 g/mol. The number of fused-ring (bicyclic) bond motifs is 2. The first-order chi connectivity index (χ1) is 14.8. The van der Waals surface area contributed by atoms with E-state index in [1.807, 2.05) is 42.6 Å². The van der Waals surface area contributed by atoms with Crippen LogP contribution in [0.1, 0.15) is 0 Å². The molecule has 0 unspecified atom stereocenters. The molecule has 4 heterocycles. The quantitative estimate of drug-likeness (QED) is 0.381. The Morgan fingerprint density at radius 2 is 1.73 bits per heavy atom. The molecular weight excluding hydrogens is 379 g/mol.